The number of hydrogen-bond donors (Lipinski definition) is 2. The van der Waals surface area contributed by atoms with Crippen LogP contribution in [-0.2, 0) is 0 Å². The van der Waals surface area contributed by atoms with Crippen molar-refractivity contribution in [2.75, 3.05) is 0 Å². The van der Waals surface area contributed by atoms with E-state index in [4.69, 9.17) is 0 Å². The molecule has 0 heterocycles. The van der Waals surface area contributed by atoms with Crippen molar-refractivity contribution in [3.05, 3.63) is 6.92 Å². The summed E-state index contributed by atoms with van der Waals surface area (Å²) in [6, 6.07) is 0. The first kappa shape index (κ1) is 15.9. The van der Waals surface area contributed by atoms with E-state index in [-0.39, 0.29) is 29.6 Å². The Kier molecular flexibility index (Phi) is 35.6. The van der Waals surface area contributed by atoms with E-state index in [2.05, 4.69) is 44.4 Å². The molecule has 0 rings (SSSR count). The minimum absolute atomic E-state index is 0. The van der Waals surface area contributed by atoms with Gasteiger partial charge < -0.3 is 6.92 Å². The van der Waals surface area contributed by atoms with E-state index >= 15 is 0 Å². The van der Waals surface area contributed by atoms with E-state index in [0.29, 0.717) is 3.53 Å². The number of thiol groups is 2. The average Bonchev–Trinajstić information content (AvgIpc) is 1.41. The van der Waals surface area contributed by atoms with Crippen molar-refractivity contribution in [3.63, 3.8) is 0 Å². The monoisotopic (exact) mass is 162 g/mol. The van der Waals surface area contributed by atoms with Gasteiger partial charge >= 0.3 is 29.6 Å². The summed E-state index contributed by atoms with van der Waals surface area (Å²) >= 11 is 11.4. The normalized spacial score (nSPS) is 4.57. The predicted molar refractivity (Wildman–Crippen MR) is 41.6 cm³/mol. The van der Waals surface area contributed by atoms with Gasteiger partial charge in [-0.3, -0.25) is 0 Å². The molecule has 0 aromatic heterocycles. The SMILES string of the molecule is S=C(S)S.[CH2-]C.[Na+]. The molecule has 0 aliphatic heterocycles. The molecule has 0 aromatic rings. The van der Waals surface area contributed by atoms with Gasteiger partial charge in [0.15, 0.2) is 0 Å². The summed E-state index contributed by atoms with van der Waals surface area (Å²) in [7, 11) is 0. The fraction of sp³-hybridized carbons (Fsp3) is 0.333. The zero-order valence-corrected chi connectivity index (χ0v) is 9.12. The minimum Gasteiger partial charge on any atom is -0.346 e. The molecule has 0 aliphatic carbocycles. The average molecular weight is 162 g/mol. The molecule has 0 bridgehead atoms. The van der Waals surface area contributed by atoms with Crippen molar-refractivity contribution in [3.8, 4) is 0 Å². The third-order valence-electron chi connectivity index (χ3n) is 0. The Hall–Kier alpha value is 1.79. The van der Waals surface area contributed by atoms with Gasteiger partial charge in [-0.2, -0.15) is 6.92 Å². The third kappa shape index (κ3) is 81.5. The number of thiocarbonyl (C=S) groups is 1. The third-order valence-corrected chi connectivity index (χ3v) is 0. The van der Waals surface area contributed by atoms with E-state index in [0.717, 1.165) is 0 Å². The molecule has 38 valence electrons. The van der Waals surface area contributed by atoms with Gasteiger partial charge in [0.1, 0.15) is 0 Å². The topological polar surface area (TPSA) is 0 Å². The Morgan fingerprint density at radius 3 is 1.43 bits per heavy atom. The molecular formula is C3H7NaS3. The Morgan fingerprint density at radius 2 is 1.43 bits per heavy atom. The summed E-state index contributed by atoms with van der Waals surface area (Å²) in [6.45, 7) is 5.00. The van der Waals surface area contributed by atoms with Crippen molar-refractivity contribution in [2.24, 2.45) is 0 Å². The second-order valence-corrected chi connectivity index (χ2v) is 2.54. The Labute approximate surface area is 83.6 Å². The molecular weight excluding hydrogens is 155 g/mol. The van der Waals surface area contributed by atoms with Crippen LogP contribution in [0, 0.1) is 6.92 Å². The van der Waals surface area contributed by atoms with Gasteiger partial charge in [0.05, 0.1) is 3.53 Å². The zero-order valence-electron chi connectivity index (χ0n) is 4.51. The maximum atomic E-state index is 4.27. The fourth-order valence-corrected chi connectivity index (χ4v) is 0. The summed E-state index contributed by atoms with van der Waals surface area (Å²) in [4.78, 5) is 0. The van der Waals surface area contributed by atoms with Crippen LogP contribution in [0.4, 0.5) is 0 Å². The van der Waals surface area contributed by atoms with Gasteiger partial charge in [-0.05, 0) is 0 Å². The molecule has 0 fully saturated rings. The smallest absolute Gasteiger partial charge is 0.346 e. The molecule has 0 nitrogen and oxygen atoms in total. The number of rotatable bonds is 0. The van der Waals surface area contributed by atoms with Gasteiger partial charge in [-0.1, -0.05) is 12.2 Å². The van der Waals surface area contributed by atoms with Crippen LogP contribution in [0.5, 0.6) is 0 Å². The summed E-state index contributed by atoms with van der Waals surface area (Å²) in [5.74, 6) is 0. The van der Waals surface area contributed by atoms with Gasteiger partial charge in [-0.25, -0.2) is 0 Å². The van der Waals surface area contributed by atoms with Gasteiger partial charge in [0, 0.05) is 0 Å². The van der Waals surface area contributed by atoms with Crippen LogP contribution in [0.25, 0.3) is 0 Å². The molecule has 0 N–H and O–H groups in total. The molecule has 0 spiro atoms. The zero-order chi connectivity index (χ0) is 5.58. The van der Waals surface area contributed by atoms with Crippen molar-refractivity contribution < 1.29 is 29.6 Å². The minimum atomic E-state index is 0. The van der Waals surface area contributed by atoms with Crippen LogP contribution in [-0.4, -0.2) is 3.53 Å². The number of hydrogen-bond acceptors (Lipinski definition) is 1. The predicted octanol–water partition coefficient (Wildman–Crippen LogP) is -1.02. The van der Waals surface area contributed by atoms with Gasteiger partial charge in [0.2, 0.25) is 0 Å². The molecule has 7 heavy (non-hydrogen) atoms. The fourth-order valence-electron chi connectivity index (χ4n) is 0. The molecule has 0 aromatic carbocycles. The molecule has 0 radical (unpaired) electrons. The summed E-state index contributed by atoms with van der Waals surface area (Å²) in [5, 5.41) is 0. The first-order valence-electron chi connectivity index (χ1n) is 1.36. The molecule has 0 aliphatic rings. The second kappa shape index (κ2) is 15.7. The molecule has 0 unspecified atom stereocenters. The van der Waals surface area contributed by atoms with Crippen molar-refractivity contribution >= 4 is 41.0 Å². The van der Waals surface area contributed by atoms with E-state index in [9.17, 15) is 0 Å². The van der Waals surface area contributed by atoms with Crippen LogP contribution >= 0.6 is 37.5 Å². The van der Waals surface area contributed by atoms with Crippen LogP contribution in [0.15, 0.2) is 0 Å². The van der Waals surface area contributed by atoms with E-state index in [1.807, 2.05) is 0 Å². The van der Waals surface area contributed by atoms with Crippen molar-refractivity contribution in [2.45, 2.75) is 6.92 Å². The Balaban J connectivity index is -0.0000000480. The van der Waals surface area contributed by atoms with Crippen LogP contribution in [0.2, 0.25) is 0 Å². The largest absolute Gasteiger partial charge is 1.00 e. The van der Waals surface area contributed by atoms with Crippen molar-refractivity contribution in [1.29, 1.82) is 0 Å². The quantitative estimate of drug-likeness (QED) is 0.199. The Morgan fingerprint density at radius 1 is 1.43 bits per heavy atom. The molecule has 0 amide bonds. The summed E-state index contributed by atoms with van der Waals surface area (Å²) in [5.41, 5.74) is 0. The van der Waals surface area contributed by atoms with Gasteiger partial charge in [0.25, 0.3) is 0 Å². The van der Waals surface area contributed by atoms with Crippen LogP contribution < -0.4 is 29.6 Å². The van der Waals surface area contributed by atoms with E-state index in [1.54, 1.807) is 6.92 Å². The van der Waals surface area contributed by atoms with E-state index in [1.165, 1.54) is 0 Å². The standard InChI is InChI=1S/C2H5.CH2S3.Na/c1-2;2-1(3)4;/h1H2,2H3;(H2,2,3,4);/q-1;;+1. The molecule has 4 heteroatoms. The maximum Gasteiger partial charge on any atom is 1.00 e. The summed E-state index contributed by atoms with van der Waals surface area (Å²) in [6.07, 6.45) is 0. The molecule has 0 saturated heterocycles. The Bertz CT molecular complexity index is 33.2. The van der Waals surface area contributed by atoms with Crippen molar-refractivity contribution in [1.82, 2.24) is 0 Å². The molecule has 0 saturated carbocycles. The molecule has 0 atom stereocenters. The first-order chi connectivity index (χ1) is 2.73. The van der Waals surface area contributed by atoms with Crippen LogP contribution in [0.1, 0.15) is 6.92 Å². The second-order valence-electron chi connectivity index (χ2n) is 0.283. The van der Waals surface area contributed by atoms with Gasteiger partial charge in [-0.15, -0.1) is 25.3 Å². The van der Waals surface area contributed by atoms with E-state index < -0.39 is 0 Å². The van der Waals surface area contributed by atoms with Crippen LogP contribution in [0.3, 0.4) is 0 Å². The summed E-state index contributed by atoms with van der Waals surface area (Å²) < 4.78 is 0.389. The first-order valence-corrected chi connectivity index (χ1v) is 2.66. The maximum absolute atomic E-state index is 4.27.